The lowest BCUT2D eigenvalue weighted by Gasteiger charge is -2.20. The summed E-state index contributed by atoms with van der Waals surface area (Å²) in [5, 5.41) is 9.97. The fourth-order valence-corrected chi connectivity index (χ4v) is 2.10. The molecule has 3 atom stereocenters. The van der Waals surface area contributed by atoms with Crippen LogP contribution in [0.5, 0.6) is 0 Å². The van der Waals surface area contributed by atoms with Crippen LogP contribution < -0.4 is 0 Å². The molecule has 1 amide bonds. The van der Waals surface area contributed by atoms with Crippen molar-refractivity contribution in [1.82, 2.24) is 4.90 Å². The summed E-state index contributed by atoms with van der Waals surface area (Å²) >= 11 is 0. The first-order chi connectivity index (χ1) is 7.25. The Balaban J connectivity index is 2.18. The van der Waals surface area contributed by atoms with Crippen molar-refractivity contribution in [3.63, 3.8) is 0 Å². The van der Waals surface area contributed by atoms with Crippen LogP contribution in [0.1, 0.15) is 6.92 Å². The van der Waals surface area contributed by atoms with E-state index < -0.39 is 6.23 Å². The highest BCUT2D eigenvalue weighted by molar-refractivity contribution is 5.84. The van der Waals surface area contributed by atoms with Crippen LogP contribution in [0, 0.1) is 11.8 Å². The second-order valence-corrected chi connectivity index (χ2v) is 3.85. The molecule has 0 aromatic heterocycles. The molecule has 3 heteroatoms. The van der Waals surface area contributed by atoms with Crippen LogP contribution in [0.4, 0.5) is 0 Å². The van der Waals surface area contributed by atoms with Crippen molar-refractivity contribution >= 4 is 5.91 Å². The van der Waals surface area contributed by atoms with E-state index in [0.717, 1.165) is 0 Å². The highest BCUT2D eigenvalue weighted by Gasteiger charge is 2.44. The molecule has 1 fully saturated rings. The number of likely N-dealkylation sites (tertiary alicyclic amines) is 1. The normalized spacial score (nSPS) is 34.1. The zero-order chi connectivity index (χ0) is 10.8. The number of carbonyl (C=O) groups excluding carboxylic acids is 1. The molecule has 0 aromatic carbocycles. The van der Waals surface area contributed by atoms with Gasteiger partial charge in [-0.1, -0.05) is 36.5 Å². The number of hydrogen-bond donors (Lipinski definition) is 1. The molecule has 0 aromatic rings. The average molecular weight is 205 g/mol. The molecule has 2 aliphatic rings. The maximum atomic E-state index is 11.9. The molecule has 1 N–H and O–H groups in total. The van der Waals surface area contributed by atoms with Crippen LogP contribution in [0.3, 0.4) is 0 Å². The molecule has 1 aliphatic heterocycles. The average Bonchev–Trinajstić information content (AvgIpc) is 2.51. The largest absolute Gasteiger partial charge is 0.373 e. The van der Waals surface area contributed by atoms with Gasteiger partial charge < -0.3 is 10.0 Å². The van der Waals surface area contributed by atoms with Crippen LogP contribution in [-0.4, -0.2) is 28.7 Å². The third-order valence-electron chi connectivity index (χ3n) is 2.95. The first kappa shape index (κ1) is 10.2. The molecule has 1 saturated heterocycles. The van der Waals surface area contributed by atoms with Gasteiger partial charge in [0.05, 0.1) is 5.92 Å². The Morgan fingerprint density at radius 3 is 2.87 bits per heavy atom. The number of amides is 1. The lowest BCUT2D eigenvalue weighted by atomic mass is 9.90. The van der Waals surface area contributed by atoms with Gasteiger partial charge in [-0.2, -0.15) is 0 Å². The zero-order valence-corrected chi connectivity index (χ0v) is 8.71. The molecule has 0 bridgehead atoms. The van der Waals surface area contributed by atoms with Gasteiger partial charge in [0.2, 0.25) is 5.91 Å². The van der Waals surface area contributed by atoms with Gasteiger partial charge in [-0.15, -0.1) is 0 Å². The molecule has 0 radical (unpaired) electrons. The highest BCUT2D eigenvalue weighted by Crippen LogP contribution is 2.33. The second-order valence-electron chi connectivity index (χ2n) is 3.85. The molecule has 0 spiro atoms. The number of rotatable bonds is 2. The predicted molar refractivity (Wildman–Crippen MR) is 57.8 cm³/mol. The minimum Gasteiger partial charge on any atom is -0.373 e. The van der Waals surface area contributed by atoms with Gasteiger partial charge in [0.25, 0.3) is 0 Å². The second kappa shape index (κ2) is 4.03. The fraction of sp³-hybridized carbons (Fsp3) is 0.417. The van der Waals surface area contributed by atoms with Gasteiger partial charge in [-0.25, -0.2) is 0 Å². The Kier molecular flexibility index (Phi) is 2.73. The number of nitrogens with zero attached hydrogens (tertiary/aromatic N) is 1. The summed E-state index contributed by atoms with van der Waals surface area (Å²) in [6.45, 7) is 2.39. The summed E-state index contributed by atoms with van der Waals surface area (Å²) in [6.07, 6.45) is 10.6. The fourth-order valence-electron chi connectivity index (χ4n) is 2.10. The first-order valence-electron chi connectivity index (χ1n) is 5.20. The van der Waals surface area contributed by atoms with E-state index in [1.807, 2.05) is 43.4 Å². The Hall–Kier alpha value is -1.35. The SMILES string of the molecule is C/C=C/CN1C(=O)C2C=CC=CC2C1O. The van der Waals surface area contributed by atoms with E-state index >= 15 is 0 Å². The predicted octanol–water partition coefficient (Wildman–Crippen LogP) is 1.08. The van der Waals surface area contributed by atoms with E-state index in [2.05, 4.69) is 0 Å². The zero-order valence-electron chi connectivity index (χ0n) is 8.71. The van der Waals surface area contributed by atoms with Crippen LogP contribution in [0.25, 0.3) is 0 Å². The Labute approximate surface area is 89.4 Å². The molecule has 2 rings (SSSR count). The third kappa shape index (κ3) is 1.63. The molecule has 3 nitrogen and oxygen atoms in total. The topological polar surface area (TPSA) is 40.5 Å². The van der Waals surface area contributed by atoms with E-state index in [-0.39, 0.29) is 17.7 Å². The number of carbonyl (C=O) groups is 1. The van der Waals surface area contributed by atoms with Gasteiger partial charge in [-0.3, -0.25) is 4.79 Å². The van der Waals surface area contributed by atoms with Crippen LogP contribution in [0.15, 0.2) is 36.5 Å². The Bertz CT molecular complexity index is 344. The van der Waals surface area contributed by atoms with Gasteiger partial charge >= 0.3 is 0 Å². The van der Waals surface area contributed by atoms with Gasteiger partial charge in [-0.05, 0) is 6.92 Å². The van der Waals surface area contributed by atoms with Crippen LogP contribution in [0.2, 0.25) is 0 Å². The monoisotopic (exact) mass is 205 g/mol. The molecular weight excluding hydrogens is 190 g/mol. The van der Waals surface area contributed by atoms with Crippen molar-refractivity contribution in [3.8, 4) is 0 Å². The summed E-state index contributed by atoms with van der Waals surface area (Å²) in [4.78, 5) is 13.4. The molecule has 1 heterocycles. The van der Waals surface area contributed by atoms with Crippen molar-refractivity contribution < 1.29 is 9.90 Å². The standard InChI is InChI=1S/C12H15NO2/c1-2-3-8-13-11(14)9-6-4-5-7-10(9)12(13)15/h2-7,9-11,14H,8H2,1H3/b3-2+. The van der Waals surface area contributed by atoms with E-state index in [1.54, 1.807) is 0 Å². The molecule has 1 aliphatic carbocycles. The maximum Gasteiger partial charge on any atom is 0.232 e. The summed E-state index contributed by atoms with van der Waals surface area (Å²) in [7, 11) is 0. The highest BCUT2D eigenvalue weighted by atomic mass is 16.3. The summed E-state index contributed by atoms with van der Waals surface area (Å²) < 4.78 is 0. The van der Waals surface area contributed by atoms with Crippen LogP contribution >= 0.6 is 0 Å². The van der Waals surface area contributed by atoms with E-state index in [0.29, 0.717) is 6.54 Å². The van der Waals surface area contributed by atoms with Gasteiger partial charge in [0, 0.05) is 12.5 Å². The Morgan fingerprint density at radius 1 is 1.47 bits per heavy atom. The number of aliphatic hydroxyl groups is 1. The lowest BCUT2D eigenvalue weighted by molar-refractivity contribution is -0.133. The number of allylic oxidation sites excluding steroid dienone is 3. The number of aliphatic hydroxyl groups excluding tert-OH is 1. The number of hydrogen-bond acceptors (Lipinski definition) is 2. The number of fused-ring (bicyclic) bond motifs is 1. The smallest absolute Gasteiger partial charge is 0.232 e. The van der Waals surface area contributed by atoms with E-state index in [4.69, 9.17) is 0 Å². The van der Waals surface area contributed by atoms with Crippen molar-refractivity contribution in [2.24, 2.45) is 11.8 Å². The van der Waals surface area contributed by atoms with Crippen LogP contribution in [-0.2, 0) is 4.79 Å². The molecule has 80 valence electrons. The van der Waals surface area contributed by atoms with E-state index in [1.165, 1.54) is 4.90 Å². The molecule has 3 unspecified atom stereocenters. The van der Waals surface area contributed by atoms with Crippen molar-refractivity contribution in [2.75, 3.05) is 6.54 Å². The lowest BCUT2D eigenvalue weighted by Crippen LogP contribution is -2.34. The first-order valence-corrected chi connectivity index (χ1v) is 5.20. The molecule has 0 saturated carbocycles. The van der Waals surface area contributed by atoms with Crippen molar-refractivity contribution in [1.29, 1.82) is 0 Å². The molecule has 15 heavy (non-hydrogen) atoms. The summed E-state index contributed by atoms with van der Waals surface area (Å²) in [5.74, 6) is -0.228. The summed E-state index contributed by atoms with van der Waals surface area (Å²) in [6, 6.07) is 0. The summed E-state index contributed by atoms with van der Waals surface area (Å²) in [5.41, 5.74) is 0. The quantitative estimate of drug-likeness (QED) is 0.685. The minimum atomic E-state index is -0.681. The van der Waals surface area contributed by atoms with Gasteiger partial charge in [0.15, 0.2) is 0 Å². The van der Waals surface area contributed by atoms with Crippen molar-refractivity contribution in [2.45, 2.75) is 13.2 Å². The maximum absolute atomic E-state index is 11.9. The Morgan fingerprint density at radius 2 is 2.20 bits per heavy atom. The van der Waals surface area contributed by atoms with E-state index in [9.17, 15) is 9.90 Å². The minimum absolute atomic E-state index is 0.0196. The van der Waals surface area contributed by atoms with Gasteiger partial charge in [0.1, 0.15) is 6.23 Å². The molecular formula is C12H15NO2. The third-order valence-corrected chi connectivity index (χ3v) is 2.95. The van der Waals surface area contributed by atoms with Crippen molar-refractivity contribution in [3.05, 3.63) is 36.5 Å².